The summed E-state index contributed by atoms with van der Waals surface area (Å²) in [5.74, 6) is -1.14. The number of aliphatic hydroxyl groups is 1. The van der Waals surface area contributed by atoms with E-state index in [-0.39, 0.29) is 29.0 Å². The van der Waals surface area contributed by atoms with Crippen LogP contribution in [0.1, 0.15) is 29.9 Å². The first-order valence-electron chi connectivity index (χ1n) is 5.75. The largest absolute Gasteiger partial charge is 0.477 e. The SMILES string of the molecule is CC(C)N(CCCO)S(=O)(=O)c1csc(C(=O)O)c1. The molecular formula is C11H17NO5S2. The molecule has 0 amide bonds. The van der Waals surface area contributed by atoms with Crippen molar-refractivity contribution in [3.05, 3.63) is 16.3 Å². The van der Waals surface area contributed by atoms with Gasteiger partial charge >= 0.3 is 5.97 Å². The first-order chi connectivity index (χ1) is 8.80. The van der Waals surface area contributed by atoms with Gasteiger partial charge in [0.2, 0.25) is 10.0 Å². The zero-order valence-electron chi connectivity index (χ0n) is 10.7. The molecule has 1 rings (SSSR count). The quantitative estimate of drug-likeness (QED) is 0.790. The van der Waals surface area contributed by atoms with Crippen molar-refractivity contribution >= 4 is 27.3 Å². The molecule has 0 aliphatic carbocycles. The van der Waals surface area contributed by atoms with Crippen molar-refractivity contribution in [1.82, 2.24) is 4.31 Å². The molecule has 6 nitrogen and oxygen atoms in total. The van der Waals surface area contributed by atoms with E-state index in [2.05, 4.69) is 0 Å². The summed E-state index contributed by atoms with van der Waals surface area (Å²) in [7, 11) is -3.72. The van der Waals surface area contributed by atoms with Crippen molar-refractivity contribution in [3.63, 3.8) is 0 Å². The normalized spacial score (nSPS) is 12.3. The maximum Gasteiger partial charge on any atom is 0.345 e. The molecule has 0 saturated carbocycles. The topological polar surface area (TPSA) is 94.9 Å². The summed E-state index contributed by atoms with van der Waals surface area (Å²) >= 11 is 0.883. The van der Waals surface area contributed by atoms with Crippen LogP contribution in [0.25, 0.3) is 0 Å². The fourth-order valence-electron chi connectivity index (χ4n) is 1.58. The van der Waals surface area contributed by atoms with Gasteiger partial charge in [-0.15, -0.1) is 11.3 Å². The van der Waals surface area contributed by atoms with E-state index < -0.39 is 16.0 Å². The van der Waals surface area contributed by atoms with Gasteiger partial charge in [0, 0.05) is 24.6 Å². The van der Waals surface area contributed by atoms with E-state index >= 15 is 0 Å². The Morgan fingerprint density at radius 2 is 2.11 bits per heavy atom. The molecule has 0 aromatic carbocycles. The summed E-state index contributed by atoms with van der Waals surface area (Å²) in [6.07, 6.45) is 0.341. The number of hydrogen-bond donors (Lipinski definition) is 2. The number of sulfonamides is 1. The van der Waals surface area contributed by atoms with Crippen LogP contribution in [0.3, 0.4) is 0 Å². The summed E-state index contributed by atoms with van der Waals surface area (Å²) in [4.78, 5) is 10.8. The van der Waals surface area contributed by atoms with Crippen molar-refractivity contribution in [2.24, 2.45) is 0 Å². The molecule has 0 fully saturated rings. The third-order valence-electron chi connectivity index (χ3n) is 2.51. The Morgan fingerprint density at radius 1 is 1.47 bits per heavy atom. The first-order valence-corrected chi connectivity index (χ1v) is 8.07. The van der Waals surface area contributed by atoms with E-state index in [0.29, 0.717) is 6.42 Å². The maximum atomic E-state index is 12.4. The first kappa shape index (κ1) is 16.1. The highest BCUT2D eigenvalue weighted by molar-refractivity contribution is 7.89. The van der Waals surface area contributed by atoms with Crippen molar-refractivity contribution in [1.29, 1.82) is 0 Å². The summed E-state index contributed by atoms with van der Waals surface area (Å²) in [5.41, 5.74) is 0. The highest BCUT2D eigenvalue weighted by Crippen LogP contribution is 2.24. The predicted octanol–water partition coefficient (Wildman–Crippen LogP) is 1.23. The van der Waals surface area contributed by atoms with Gasteiger partial charge in [-0.3, -0.25) is 0 Å². The minimum atomic E-state index is -3.72. The molecule has 0 spiro atoms. The van der Waals surface area contributed by atoms with E-state index in [4.69, 9.17) is 10.2 Å². The Kier molecular flexibility index (Phi) is 5.48. The molecule has 0 aliphatic heterocycles. The Labute approximate surface area is 116 Å². The van der Waals surface area contributed by atoms with Gasteiger partial charge in [0.15, 0.2) is 0 Å². The lowest BCUT2D eigenvalue weighted by molar-refractivity contribution is 0.0702. The number of nitrogens with zero attached hydrogens (tertiary/aromatic N) is 1. The van der Waals surface area contributed by atoms with Crippen LogP contribution in [0.15, 0.2) is 16.3 Å². The zero-order chi connectivity index (χ0) is 14.6. The van der Waals surface area contributed by atoms with Crippen LogP contribution >= 0.6 is 11.3 Å². The van der Waals surface area contributed by atoms with Crippen molar-refractivity contribution in [2.45, 2.75) is 31.2 Å². The molecule has 8 heteroatoms. The standard InChI is InChI=1S/C11H17NO5S2/c1-8(2)12(4-3-5-13)19(16,17)9-6-10(11(14)15)18-7-9/h6-8,13H,3-5H2,1-2H3,(H,14,15). The van der Waals surface area contributed by atoms with Crippen LogP contribution in [0.5, 0.6) is 0 Å². The molecule has 1 aromatic rings. The number of hydrogen-bond acceptors (Lipinski definition) is 5. The number of carboxylic acids is 1. The molecule has 0 saturated heterocycles. The molecular weight excluding hydrogens is 290 g/mol. The monoisotopic (exact) mass is 307 g/mol. The van der Waals surface area contributed by atoms with E-state index in [1.165, 1.54) is 9.69 Å². The predicted molar refractivity (Wildman–Crippen MR) is 72.0 cm³/mol. The van der Waals surface area contributed by atoms with Crippen molar-refractivity contribution in [2.75, 3.05) is 13.2 Å². The molecule has 0 radical (unpaired) electrons. The molecule has 0 aliphatic rings. The highest BCUT2D eigenvalue weighted by atomic mass is 32.2. The van der Waals surface area contributed by atoms with E-state index in [0.717, 1.165) is 17.4 Å². The van der Waals surface area contributed by atoms with Crippen LogP contribution in [0.4, 0.5) is 0 Å². The van der Waals surface area contributed by atoms with Gasteiger partial charge in [0.05, 0.1) is 4.90 Å². The molecule has 1 aromatic heterocycles. The molecule has 108 valence electrons. The maximum absolute atomic E-state index is 12.4. The average molecular weight is 307 g/mol. The van der Waals surface area contributed by atoms with E-state index in [1.54, 1.807) is 13.8 Å². The Hall–Kier alpha value is -0.960. The van der Waals surface area contributed by atoms with Crippen LogP contribution in [0.2, 0.25) is 0 Å². The van der Waals surface area contributed by atoms with Crippen LogP contribution in [-0.2, 0) is 10.0 Å². The molecule has 0 bridgehead atoms. The fraction of sp³-hybridized carbons (Fsp3) is 0.545. The number of thiophene rings is 1. The van der Waals surface area contributed by atoms with Crippen molar-refractivity contribution in [3.8, 4) is 0 Å². The third-order valence-corrected chi connectivity index (χ3v) is 5.63. The smallest absolute Gasteiger partial charge is 0.345 e. The van der Waals surface area contributed by atoms with Gasteiger partial charge in [0.25, 0.3) is 0 Å². The van der Waals surface area contributed by atoms with Gasteiger partial charge in [-0.05, 0) is 26.3 Å². The second-order valence-electron chi connectivity index (χ2n) is 4.24. The van der Waals surface area contributed by atoms with Gasteiger partial charge in [-0.25, -0.2) is 13.2 Å². The summed E-state index contributed by atoms with van der Waals surface area (Å²) < 4.78 is 26.0. The third kappa shape index (κ3) is 3.75. The van der Waals surface area contributed by atoms with Gasteiger partial charge < -0.3 is 10.2 Å². The molecule has 1 heterocycles. The minimum absolute atomic E-state index is 0.00978. The Morgan fingerprint density at radius 3 is 2.53 bits per heavy atom. The van der Waals surface area contributed by atoms with Gasteiger partial charge in [-0.1, -0.05) is 0 Å². The van der Waals surface area contributed by atoms with Crippen molar-refractivity contribution < 1.29 is 23.4 Å². The molecule has 2 N–H and O–H groups in total. The van der Waals surface area contributed by atoms with Crippen LogP contribution < -0.4 is 0 Å². The van der Waals surface area contributed by atoms with Crippen LogP contribution in [0, 0.1) is 0 Å². The average Bonchev–Trinajstić information content (AvgIpc) is 2.78. The second-order valence-corrected chi connectivity index (χ2v) is 7.04. The van der Waals surface area contributed by atoms with Crippen LogP contribution in [-0.4, -0.2) is 48.1 Å². The lowest BCUT2D eigenvalue weighted by Crippen LogP contribution is -2.37. The summed E-state index contributed by atoms with van der Waals surface area (Å²) in [6.45, 7) is 3.58. The number of carboxylic acid groups (broad SMARTS) is 1. The van der Waals surface area contributed by atoms with E-state index in [9.17, 15) is 13.2 Å². The van der Waals surface area contributed by atoms with Gasteiger partial charge in [-0.2, -0.15) is 4.31 Å². The Bertz CT molecular complexity index is 535. The number of aliphatic hydroxyl groups excluding tert-OH is 1. The molecule has 19 heavy (non-hydrogen) atoms. The van der Waals surface area contributed by atoms with E-state index in [1.807, 2.05) is 0 Å². The number of carbonyl (C=O) groups is 1. The summed E-state index contributed by atoms with van der Waals surface area (Å²) in [6, 6.07) is 0.904. The lowest BCUT2D eigenvalue weighted by atomic mass is 10.3. The zero-order valence-corrected chi connectivity index (χ0v) is 12.4. The number of aromatic carboxylic acids is 1. The summed E-state index contributed by atoms with van der Waals surface area (Å²) in [5, 5.41) is 19.0. The number of rotatable bonds is 7. The van der Waals surface area contributed by atoms with Gasteiger partial charge in [0.1, 0.15) is 4.88 Å². The lowest BCUT2D eigenvalue weighted by Gasteiger charge is -2.25. The fourth-order valence-corrected chi connectivity index (χ4v) is 4.36. The highest BCUT2D eigenvalue weighted by Gasteiger charge is 2.28. The second kappa shape index (κ2) is 6.47. The molecule has 0 unspecified atom stereocenters. The Balaban J connectivity index is 3.07. The molecule has 0 atom stereocenters. The minimum Gasteiger partial charge on any atom is -0.477 e.